The summed E-state index contributed by atoms with van der Waals surface area (Å²) in [5, 5.41) is 10.1. The van der Waals surface area contributed by atoms with E-state index in [2.05, 4.69) is 4.90 Å². The third-order valence-corrected chi connectivity index (χ3v) is 8.35. The lowest BCUT2D eigenvalue weighted by atomic mass is 9.80. The number of benzene rings is 1. The molecule has 3 aliphatic rings. The van der Waals surface area contributed by atoms with Crippen LogP contribution in [0.4, 0.5) is 0 Å². The van der Waals surface area contributed by atoms with Crippen LogP contribution in [0.2, 0.25) is 0 Å². The summed E-state index contributed by atoms with van der Waals surface area (Å²) in [7, 11) is 0. The first-order chi connectivity index (χ1) is 18.6. The number of carbonyl (C=O) groups is 1. The third kappa shape index (κ3) is 5.67. The lowest BCUT2D eigenvalue weighted by molar-refractivity contribution is -0.171. The highest BCUT2D eigenvalue weighted by Gasteiger charge is 2.40. The topological polar surface area (TPSA) is 92.5 Å². The van der Waals surface area contributed by atoms with E-state index in [1.165, 1.54) is 25.5 Å². The number of nitrogens with zero attached hydrogens (tertiary/aromatic N) is 2. The fourth-order valence-electron chi connectivity index (χ4n) is 6.31. The molecule has 0 spiro atoms. The van der Waals surface area contributed by atoms with E-state index >= 15 is 0 Å². The van der Waals surface area contributed by atoms with Gasteiger partial charge >= 0.3 is 0 Å². The normalized spacial score (nSPS) is 25.3. The van der Waals surface area contributed by atoms with Crippen LogP contribution in [0, 0.1) is 5.92 Å². The van der Waals surface area contributed by atoms with E-state index in [1.54, 1.807) is 18.2 Å². The Hall–Kier alpha value is -2.68. The quantitative estimate of drug-likeness (QED) is 0.558. The fraction of sp³-hybridized carbons (Fsp3) is 0.600. The number of aliphatic hydroxyl groups is 1. The van der Waals surface area contributed by atoms with Gasteiger partial charge in [-0.2, -0.15) is 0 Å². The van der Waals surface area contributed by atoms with Gasteiger partial charge < -0.3 is 28.8 Å². The number of piperidine rings is 2. The number of ether oxygens (including phenoxy) is 2. The molecule has 0 saturated carbocycles. The lowest BCUT2D eigenvalue weighted by Crippen LogP contribution is -2.49. The summed E-state index contributed by atoms with van der Waals surface area (Å²) >= 11 is 0. The van der Waals surface area contributed by atoms with Gasteiger partial charge in [0.25, 0.3) is 5.91 Å². The van der Waals surface area contributed by atoms with Crippen molar-refractivity contribution in [2.24, 2.45) is 5.92 Å². The largest absolute Gasteiger partial charge is 0.464 e. The van der Waals surface area contributed by atoms with Crippen LogP contribution in [0.25, 0.3) is 11.0 Å². The van der Waals surface area contributed by atoms with Crippen molar-refractivity contribution in [3.8, 4) is 0 Å². The van der Waals surface area contributed by atoms with E-state index in [4.69, 9.17) is 13.9 Å². The van der Waals surface area contributed by atoms with Crippen molar-refractivity contribution in [1.82, 2.24) is 9.80 Å². The number of rotatable bonds is 8. The second kappa shape index (κ2) is 12.5. The van der Waals surface area contributed by atoms with E-state index in [-0.39, 0.29) is 29.6 Å². The van der Waals surface area contributed by atoms with Gasteiger partial charge in [0.1, 0.15) is 5.58 Å². The number of amides is 1. The van der Waals surface area contributed by atoms with E-state index in [1.807, 2.05) is 24.0 Å². The molecule has 3 aliphatic heterocycles. The minimum atomic E-state index is -0.697. The van der Waals surface area contributed by atoms with E-state index in [0.717, 1.165) is 25.9 Å². The first-order valence-corrected chi connectivity index (χ1v) is 14.3. The average Bonchev–Trinajstić information content (AvgIpc) is 2.97. The van der Waals surface area contributed by atoms with Crippen LogP contribution in [0.15, 0.2) is 51.6 Å². The number of para-hydroxylation sites is 1. The SMILES string of the molecule is CCO[C@@H]1OC(C(=O)N2CCC(N3CCCCC3)CC2)=C[C@H](c2coc3ccccc3c2=O)[C@@H]1CCCO. The highest BCUT2D eigenvalue weighted by atomic mass is 16.7. The Bertz CT molecular complexity index is 1180. The molecule has 0 radical (unpaired) electrons. The number of fused-ring (bicyclic) bond motifs is 1. The predicted molar refractivity (Wildman–Crippen MR) is 145 cm³/mol. The summed E-state index contributed by atoms with van der Waals surface area (Å²) in [5.41, 5.74) is 0.889. The highest BCUT2D eigenvalue weighted by Crippen LogP contribution is 2.39. The molecule has 8 heteroatoms. The Morgan fingerprint density at radius 1 is 1.11 bits per heavy atom. The Kier molecular flexibility index (Phi) is 8.82. The van der Waals surface area contributed by atoms with Crippen molar-refractivity contribution < 1.29 is 23.8 Å². The molecule has 0 aliphatic carbocycles. The van der Waals surface area contributed by atoms with Crippen LogP contribution < -0.4 is 5.43 Å². The zero-order chi connectivity index (χ0) is 26.5. The number of carbonyl (C=O) groups excluding carboxylic acids is 1. The molecule has 2 fully saturated rings. The molecule has 8 nitrogen and oxygen atoms in total. The molecule has 4 heterocycles. The van der Waals surface area contributed by atoms with E-state index in [9.17, 15) is 14.7 Å². The maximum atomic E-state index is 13.7. The smallest absolute Gasteiger partial charge is 0.288 e. The molecule has 38 heavy (non-hydrogen) atoms. The van der Waals surface area contributed by atoms with Gasteiger partial charge in [0, 0.05) is 49.7 Å². The minimum absolute atomic E-state index is 0.0237. The van der Waals surface area contributed by atoms with Crippen LogP contribution in [-0.2, 0) is 14.3 Å². The molecular formula is C30H40N2O6. The monoisotopic (exact) mass is 524 g/mol. The number of hydrogen-bond donors (Lipinski definition) is 1. The van der Waals surface area contributed by atoms with E-state index in [0.29, 0.717) is 55.1 Å². The number of allylic oxidation sites excluding steroid dienone is 1. The summed E-state index contributed by atoms with van der Waals surface area (Å²) in [6.45, 7) is 6.02. The average molecular weight is 525 g/mol. The van der Waals surface area contributed by atoms with Crippen molar-refractivity contribution in [3.63, 3.8) is 0 Å². The van der Waals surface area contributed by atoms with Crippen molar-refractivity contribution in [2.45, 2.75) is 70.1 Å². The summed E-state index contributed by atoms with van der Waals surface area (Å²) in [4.78, 5) is 31.7. The Morgan fingerprint density at radius 3 is 2.61 bits per heavy atom. The van der Waals surface area contributed by atoms with Crippen molar-refractivity contribution in [1.29, 1.82) is 0 Å². The van der Waals surface area contributed by atoms with Crippen LogP contribution in [-0.4, -0.2) is 72.5 Å². The number of hydrogen-bond acceptors (Lipinski definition) is 7. The maximum Gasteiger partial charge on any atom is 0.288 e. The molecular weight excluding hydrogens is 484 g/mol. The molecule has 2 saturated heterocycles. The van der Waals surface area contributed by atoms with E-state index < -0.39 is 12.2 Å². The zero-order valence-electron chi connectivity index (χ0n) is 22.3. The van der Waals surface area contributed by atoms with Crippen molar-refractivity contribution in [3.05, 3.63) is 58.2 Å². The van der Waals surface area contributed by atoms with Gasteiger partial charge in [-0.1, -0.05) is 18.6 Å². The first-order valence-electron chi connectivity index (χ1n) is 14.3. The van der Waals surface area contributed by atoms with Gasteiger partial charge in [-0.25, -0.2) is 0 Å². The van der Waals surface area contributed by atoms with Crippen molar-refractivity contribution in [2.75, 3.05) is 39.4 Å². The molecule has 0 bridgehead atoms. The third-order valence-electron chi connectivity index (χ3n) is 8.35. The summed E-state index contributed by atoms with van der Waals surface area (Å²) < 4.78 is 18.0. The lowest BCUT2D eigenvalue weighted by Gasteiger charge is -2.41. The molecule has 1 aromatic carbocycles. The summed E-state index contributed by atoms with van der Waals surface area (Å²) in [5.74, 6) is -0.592. The second-order valence-electron chi connectivity index (χ2n) is 10.7. The molecule has 1 amide bonds. The van der Waals surface area contributed by atoms with Crippen LogP contribution in [0.3, 0.4) is 0 Å². The Labute approximate surface area is 224 Å². The fourth-order valence-corrected chi connectivity index (χ4v) is 6.31. The van der Waals surface area contributed by atoms with Gasteiger partial charge in [-0.05, 0) is 76.7 Å². The minimum Gasteiger partial charge on any atom is -0.464 e. The Balaban J connectivity index is 1.42. The highest BCUT2D eigenvalue weighted by molar-refractivity contribution is 5.92. The van der Waals surface area contributed by atoms with Crippen LogP contribution in [0.5, 0.6) is 0 Å². The van der Waals surface area contributed by atoms with Crippen LogP contribution >= 0.6 is 0 Å². The molecule has 2 aromatic rings. The van der Waals surface area contributed by atoms with Gasteiger partial charge in [-0.3, -0.25) is 9.59 Å². The number of aliphatic hydroxyl groups excluding tert-OH is 1. The molecule has 5 rings (SSSR count). The molecule has 1 aromatic heterocycles. The van der Waals surface area contributed by atoms with Crippen molar-refractivity contribution >= 4 is 16.9 Å². The van der Waals surface area contributed by atoms with Gasteiger partial charge in [0.05, 0.1) is 11.6 Å². The van der Waals surface area contributed by atoms with Gasteiger partial charge in [0.15, 0.2) is 11.2 Å². The molecule has 0 unspecified atom stereocenters. The molecule has 1 N–H and O–H groups in total. The zero-order valence-corrected chi connectivity index (χ0v) is 22.3. The molecule has 3 atom stereocenters. The van der Waals surface area contributed by atoms with Gasteiger partial charge in [0.2, 0.25) is 6.29 Å². The Morgan fingerprint density at radius 2 is 1.87 bits per heavy atom. The summed E-state index contributed by atoms with van der Waals surface area (Å²) in [6.07, 6.45) is 9.49. The first kappa shape index (κ1) is 26.9. The predicted octanol–water partition coefficient (Wildman–Crippen LogP) is 4.02. The summed E-state index contributed by atoms with van der Waals surface area (Å²) in [6, 6.07) is 7.72. The second-order valence-corrected chi connectivity index (χ2v) is 10.7. The van der Waals surface area contributed by atoms with Crippen LogP contribution in [0.1, 0.15) is 63.4 Å². The molecule has 206 valence electrons. The van der Waals surface area contributed by atoms with Gasteiger partial charge in [-0.15, -0.1) is 0 Å². The standard InChI is InChI=1S/C30H40N2O6/c1-2-36-30-22(10-8-18-33)24(25-20-37-26-11-5-4-9-23(26)28(25)34)19-27(38-30)29(35)32-16-12-21(13-17-32)31-14-6-3-7-15-31/h4-5,9,11,19-22,24,30,33H,2-3,6-8,10,12-18H2,1H3/t22-,24-,30+/m0/s1. The maximum absolute atomic E-state index is 13.7. The number of likely N-dealkylation sites (tertiary alicyclic amines) is 2.